The lowest BCUT2D eigenvalue weighted by Crippen LogP contribution is -2.52. The van der Waals surface area contributed by atoms with Gasteiger partial charge in [0.25, 0.3) is 5.91 Å². The predicted octanol–water partition coefficient (Wildman–Crippen LogP) is 3.60. The van der Waals surface area contributed by atoms with E-state index in [1.54, 1.807) is 4.90 Å². The molecule has 4 aliphatic heterocycles. The van der Waals surface area contributed by atoms with Crippen LogP contribution in [0.1, 0.15) is 73.7 Å². The summed E-state index contributed by atoms with van der Waals surface area (Å²) in [6, 6.07) is 5.33. The van der Waals surface area contributed by atoms with Gasteiger partial charge in [0.05, 0.1) is 13.2 Å². The average molecular weight is 500 g/mol. The van der Waals surface area contributed by atoms with Crippen LogP contribution in [0.2, 0.25) is 0 Å². The van der Waals surface area contributed by atoms with Gasteiger partial charge in [0.15, 0.2) is 0 Å². The van der Waals surface area contributed by atoms with Crippen molar-refractivity contribution in [2.24, 2.45) is 5.41 Å². The third-order valence-corrected chi connectivity index (χ3v) is 9.33. The second-order valence-electron chi connectivity index (χ2n) is 10.6. The molecular weight excluding hydrogens is 462 g/mol. The number of piperidine rings is 2. The number of unbranched alkanes of at least 4 members (excludes halogenated alkanes) is 4. The maximum absolute atomic E-state index is 13.0. The Hall–Kier alpha value is -1.90. The SMILES string of the molecule is O=C1CCC(N2Cc3c(SCCCCCCCN4CCC5(CC4)COC5)cccc3C2=O)C(=O)N1. The van der Waals surface area contributed by atoms with Crippen LogP contribution in [0, 0.1) is 5.41 Å². The molecule has 0 aliphatic carbocycles. The van der Waals surface area contributed by atoms with Gasteiger partial charge in [0, 0.05) is 28.8 Å². The van der Waals surface area contributed by atoms with Crippen molar-refractivity contribution in [1.82, 2.24) is 15.1 Å². The molecule has 190 valence electrons. The number of nitrogens with zero attached hydrogens (tertiary/aromatic N) is 2. The van der Waals surface area contributed by atoms with Gasteiger partial charge >= 0.3 is 0 Å². The number of amides is 3. The number of likely N-dealkylation sites (tertiary alicyclic amines) is 1. The molecule has 0 bridgehead atoms. The number of nitrogens with one attached hydrogen (secondary N) is 1. The Labute approximate surface area is 212 Å². The minimum Gasteiger partial charge on any atom is -0.380 e. The first kappa shape index (κ1) is 24.8. The predicted molar refractivity (Wildman–Crippen MR) is 135 cm³/mol. The molecule has 7 nitrogen and oxygen atoms in total. The molecule has 35 heavy (non-hydrogen) atoms. The Morgan fingerprint density at radius 1 is 1.03 bits per heavy atom. The lowest BCUT2D eigenvalue weighted by Gasteiger charge is -2.47. The van der Waals surface area contributed by atoms with Crippen molar-refractivity contribution in [1.29, 1.82) is 0 Å². The van der Waals surface area contributed by atoms with E-state index in [0.717, 1.165) is 29.4 Å². The van der Waals surface area contributed by atoms with Crippen LogP contribution < -0.4 is 5.32 Å². The van der Waals surface area contributed by atoms with E-state index in [4.69, 9.17) is 4.74 Å². The van der Waals surface area contributed by atoms with Gasteiger partial charge in [0.2, 0.25) is 11.8 Å². The molecule has 0 saturated carbocycles. The van der Waals surface area contributed by atoms with Crippen molar-refractivity contribution in [2.45, 2.75) is 75.3 Å². The molecule has 1 spiro atoms. The van der Waals surface area contributed by atoms with E-state index < -0.39 is 6.04 Å². The lowest BCUT2D eigenvalue weighted by atomic mass is 9.77. The highest BCUT2D eigenvalue weighted by Crippen LogP contribution is 2.38. The standard InChI is InChI=1S/C27H37N3O4S/c31-24-10-9-22(25(32)28-24)30-17-21-20(26(30)33)7-6-8-23(21)35-16-5-3-1-2-4-13-29-14-11-27(12-15-29)18-34-19-27/h6-8,22H,1-5,9-19H2,(H,28,31,32). The molecular formula is C27H37N3O4S. The Morgan fingerprint density at radius 3 is 2.54 bits per heavy atom. The van der Waals surface area contributed by atoms with E-state index in [2.05, 4.69) is 16.3 Å². The second-order valence-corrected chi connectivity index (χ2v) is 11.8. The Balaban J connectivity index is 0.995. The smallest absolute Gasteiger partial charge is 0.255 e. The van der Waals surface area contributed by atoms with Gasteiger partial charge in [0.1, 0.15) is 6.04 Å². The number of rotatable bonds is 10. The Morgan fingerprint density at radius 2 is 1.80 bits per heavy atom. The number of hydrogen-bond acceptors (Lipinski definition) is 6. The van der Waals surface area contributed by atoms with Crippen molar-refractivity contribution >= 4 is 29.5 Å². The maximum atomic E-state index is 13.0. The summed E-state index contributed by atoms with van der Waals surface area (Å²) in [6.45, 7) is 6.14. The Bertz CT molecular complexity index is 954. The van der Waals surface area contributed by atoms with Crippen LogP contribution in [-0.4, -0.2) is 72.2 Å². The fraction of sp³-hybridized carbons (Fsp3) is 0.667. The highest BCUT2D eigenvalue weighted by molar-refractivity contribution is 7.99. The van der Waals surface area contributed by atoms with Gasteiger partial charge in [-0.1, -0.05) is 25.3 Å². The number of carbonyl (C=O) groups excluding carboxylic acids is 3. The summed E-state index contributed by atoms with van der Waals surface area (Å²) in [5.74, 6) is 0.338. The topological polar surface area (TPSA) is 79.0 Å². The molecule has 1 N–H and O–H groups in total. The summed E-state index contributed by atoms with van der Waals surface area (Å²) in [6.07, 6.45) is 9.59. The molecule has 0 radical (unpaired) electrons. The zero-order valence-corrected chi connectivity index (χ0v) is 21.4. The molecule has 4 heterocycles. The lowest BCUT2D eigenvalue weighted by molar-refractivity contribution is -0.139. The first-order valence-electron chi connectivity index (χ1n) is 13.2. The van der Waals surface area contributed by atoms with Crippen molar-refractivity contribution in [3.05, 3.63) is 29.3 Å². The molecule has 8 heteroatoms. The molecule has 1 aromatic rings. The van der Waals surface area contributed by atoms with E-state index in [1.807, 2.05) is 23.9 Å². The molecule has 1 unspecified atom stereocenters. The van der Waals surface area contributed by atoms with Crippen molar-refractivity contribution < 1.29 is 19.1 Å². The van der Waals surface area contributed by atoms with Crippen LogP contribution in [0.4, 0.5) is 0 Å². The minimum atomic E-state index is -0.552. The van der Waals surface area contributed by atoms with Gasteiger partial charge in [-0.25, -0.2) is 0 Å². The molecule has 3 fully saturated rings. The van der Waals surface area contributed by atoms with Crippen molar-refractivity contribution in [2.75, 3.05) is 38.6 Å². The molecule has 5 rings (SSSR count). The number of carbonyl (C=O) groups is 3. The highest BCUT2D eigenvalue weighted by atomic mass is 32.2. The fourth-order valence-corrected chi connectivity index (χ4v) is 6.86. The van der Waals surface area contributed by atoms with Crippen molar-refractivity contribution in [3.8, 4) is 0 Å². The number of thioether (sulfide) groups is 1. The van der Waals surface area contributed by atoms with E-state index in [-0.39, 0.29) is 24.1 Å². The molecule has 1 atom stereocenters. The van der Waals surface area contributed by atoms with E-state index in [1.165, 1.54) is 64.6 Å². The van der Waals surface area contributed by atoms with E-state index in [9.17, 15) is 14.4 Å². The number of fused-ring (bicyclic) bond motifs is 1. The second kappa shape index (κ2) is 11.0. The first-order chi connectivity index (χ1) is 17.0. The van der Waals surface area contributed by atoms with Gasteiger partial charge in [-0.2, -0.15) is 0 Å². The van der Waals surface area contributed by atoms with Crippen molar-refractivity contribution in [3.63, 3.8) is 0 Å². The van der Waals surface area contributed by atoms with E-state index in [0.29, 0.717) is 23.9 Å². The van der Waals surface area contributed by atoms with Crippen LogP contribution in [0.5, 0.6) is 0 Å². The van der Waals surface area contributed by atoms with Gasteiger partial charge in [-0.05, 0) is 75.2 Å². The third-order valence-electron chi connectivity index (χ3n) is 8.15. The summed E-state index contributed by atoms with van der Waals surface area (Å²) in [5, 5.41) is 2.37. The largest absolute Gasteiger partial charge is 0.380 e. The molecule has 3 saturated heterocycles. The number of ether oxygens (including phenoxy) is 1. The summed E-state index contributed by atoms with van der Waals surface area (Å²) in [5.41, 5.74) is 2.26. The highest BCUT2D eigenvalue weighted by Gasteiger charge is 2.41. The number of imide groups is 1. The van der Waals surface area contributed by atoms with Crippen LogP contribution >= 0.6 is 11.8 Å². The number of hydrogen-bond donors (Lipinski definition) is 1. The summed E-state index contributed by atoms with van der Waals surface area (Å²) < 4.78 is 5.43. The Kier molecular flexibility index (Phi) is 7.80. The monoisotopic (exact) mass is 499 g/mol. The van der Waals surface area contributed by atoms with Crippen LogP contribution in [0.15, 0.2) is 23.1 Å². The zero-order valence-electron chi connectivity index (χ0n) is 20.6. The van der Waals surface area contributed by atoms with Gasteiger partial charge in [-0.15, -0.1) is 11.8 Å². The minimum absolute atomic E-state index is 0.0955. The van der Waals surface area contributed by atoms with Crippen LogP contribution in [0.25, 0.3) is 0 Å². The quantitative estimate of drug-likeness (QED) is 0.301. The van der Waals surface area contributed by atoms with E-state index >= 15 is 0 Å². The fourth-order valence-electron chi connectivity index (χ4n) is 5.77. The molecule has 3 amide bonds. The summed E-state index contributed by atoms with van der Waals surface area (Å²) in [4.78, 5) is 42.1. The molecule has 1 aromatic carbocycles. The summed E-state index contributed by atoms with van der Waals surface area (Å²) in [7, 11) is 0. The summed E-state index contributed by atoms with van der Waals surface area (Å²) >= 11 is 1.82. The van der Waals surface area contributed by atoms with Gasteiger partial charge < -0.3 is 14.5 Å². The molecule has 0 aromatic heterocycles. The van der Waals surface area contributed by atoms with Gasteiger partial charge in [-0.3, -0.25) is 19.7 Å². The zero-order chi connectivity index (χ0) is 24.3. The third kappa shape index (κ3) is 5.59. The van der Waals surface area contributed by atoms with Crippen LogP contribution in [0.3, 0.4) is 0 Å². The average Bonchev–Trinajstić information content (AvgIpc) is 3.17. The number of benzene rings is 1. The first-order valence-corrected chi connectivity index (χ1v) is 14.2. The van der Waals surface area contributed by atoms with Crippen LogP contribution in [-0.2, 0) is 20.9 Å². The normalized spacial score (nSPS) is 23.9. The maximum Gasteiger partial charge on any atom is 0.255 e. The molecule has 4 aliphatic rings.